The molecule has 0 aliphatic heterocycles. The monoisotopic (exact) mass is 239 g/mol. The number of primary amides is 2. The van der Waals surface area contributed by atoms with Crippen molar-refractivity contribution in [1.29, 1.82) is 0 Å². The van der Waals surface area contributed by atoms with Gasteiger partial charge in [-0.1, -0.05) is 0 Å². The molecule has 0 aromatic carbocycles. The van der Waals surface area contributed by atoms with E-state index in [1.54, 1.807) is 0 Å². The molecule has 92 valence electrons. The van der Waals surface area contributed by atoms with Crippen molar-refractivity contribution < 1.29 is 9.59 Å². The zero-order chi connectivity index (χ0) is 12.8. The third-order valence-corrected chi connectivity index (χ3v) is 1.82. The van der Waals surface area contributed by atoms with Crippen LogP contribution in [0.3, 0.4) is 0 Å². The highest BCUT2D eigenvalue weighted by molar-refractivity contribution is 5.84. The highest BCUT2D eigenvalue weighted by Gasteiger charge is 2.13. The lowest BCUT2D eigenvalue weighted by molar-refractivity contribution is -0.117. The Morgan fingerprint density at radius 2 is 1.82 bits per heavy atom. The highest BCUT2D eigenvalue weighted by Crippen LogP contribution is 2.12. The molecule has 0 radical (unpaired) electrons. The van der Waals surface area contributed by atoms with Gasteiger partial charge in [0.05, 0.1) is 13.1 Å². The maximum Gasteiger partial charge on any atom is 0.237 e. The van der Waals surface area contributed by atoms with E-state index in [0.717, 1.165) is 0 Å². The minimum atomic E-state index is -0.605. The van der Waals surface area contributed by atoms with Crippen molar-refractivity contribution >= 4 is 23.5 Å². The van der Waals surface area contributed by atoms with Crippen LogP contribution in [0.25, 0.3) is 0 Å². The molecule has 7 N–H and O–H groups in total. The molecule has 17 heavy (non-hydrogen) atoms. The van der Waals surface area contributed by atoms with Gasteiger partial charge in [0.1, 0.15) is 18.0 Å². The van der Waals surface area contributed by atoms with Crippen LogP contribution in [-0.4, -0.2) is 34.9 Å². The summed E-state index contributed by atoms with van der Waals surface area (Å²) in [7, 11) is 0. The van der Waals surface area contributed by atoms with Crippen molar-refractivity contribution in [3.8, 4) is 0 Å². The summed E-state index contributed by atoms with van der Waals surface area (Å²) in [6.07, 6.45) is 1.24. The molecule has 1 aromatic heterocycles. The number of carbonyl (C=O) groups excluding carboxylic acids is 2. The summed E-state index contributed by atoms with van der Waals surface area (Å²) >= 11 is 0. The Hall–Kier alpha value is -2.42. The van der Waals surface area contributed by atoms with Crippen LogP contribution >= 0.6 is 0 Å². The van der Waals surface area contributed by atoms with Gasteiger partial charge in [-0.3, -0.25) is 9.59 Å². The molecule has 0 fully saturated rings. The van der Waals surface area contributed by atoms with Gasteiger partial charge in [-0.05, 0) is 0 Å². The number of nitrogens with two attached hydrogens (primary N) is 3. The Balaban J connectivity index is 2.94. The summed E-state index contributed by atoms with van der Waals surface area (Å²) in [4.78, 5) is 30.7. The van der Waals surface area contributed by atoms with E-state index in [0.29, 0.717) is 11.6 Å². The van der Waals surface area contributed by atoms with Crippen molar-refractivity contribution in [2.45, 2.75) is 0 Å². The molecule has 0 atom stereocenters. The average molecular weight is 239 g/mol. The van der Waals surface area contributed by atoms with Gasteiger partial charge >= 0.3 is 0 Å². The quantitative estimate of drug-likeness (QED) is 0.317. The first-order valence-corrected chi connectivity index (χ1v) is 4.63. The molecule has 0 aliphatic carbocycles. The molecular weight excluding hydrogens is 226 g/mol. The Labute approximate surface area is 97.0 Å². The fourth-order valence-corrected chi connectivity index (χ4v) is 1.19. The summed E-state index contributed by atoms with van der Waals surface area (Å²) in [6.45, 7) is -0.353. The van der Waals surface area contributed by atoms with Gasteiger partial charge in [-0.25, -0.2) is 15.8 Å². The summed E-state index contributed by atoms with van der Waals surface area (Å²) in [6, 6.07) is 1.46. The third-order valence-electron chi connectivity index (χ3n) is 1.82. The lowest BCUT2D eigenvalue weighted by Gasteiger charge is -2.20. The van der Waals surface area contributed by atoms with E-state index >= 15 is 0 Å². The molecule has 0 aliphatic rings. The van der Waals surface area contributed by atoms with Gasteiger partial charge in [-0.15, -0.1) is 0 Å². The largest absolute Gasteiger partial charge is 0.368 e. The standard InChI is InChI=1S/C8H13N7O2/c9-5(16)2-15(3-6(10)17)8-1-7(14-11)12-4-13-8/h1,4H,2-3,11H2,(H2,9,16)(H2,10,17)(H,12,13,14). The highest BCUT2D eigenvalue weighted by atomic mass is 16.2. The lowest BCUT2D eigenvalue weighted by Crippen LogP contribution is -2.40. The minimum absolute atomic E-state index is 0.177. The predicted octanol–water partition coefficient (Wildman–Crippen LogP) is -2.46. The van der Waals surface area contributed by atoms with Crippen molar-refractivity contribution in [2.24, 2.45) is 17.3 Å². The fourth-order valence-electron chi connectivity index (χ4n) is 1.19. The normalized spacial score (nSPS) is 9.71. The number of hydrogen-bond acceptors (Lipinski definition) is 7. The SMILES string of the molecule is NNc1cc(N(CC(N)=O)CC(N)=O)ncn1. The van der Waals surface area contributed by atoms with Crippen LogP contribution in [0.4, 0.5) is 11.6 Å². The number of anilines is 2. The smallest absolute Gasteiger partial charge is 0.237 e. The van der Waals surface area contributed by atoms with E-state index in [1.165, 1.54) is 17.3 Å². The molecule has 1 rings (SSSR count). The van der Waals surface area contributed by atoms with Crippen LogP contribution in [0.2, 0.25) is 0 Å². The lowest BCUT2D eigenvalue weighted by atomic mass is 10.4. The van der Waals surface area contributed by atoms with Crippen LogP contribution in [0.15, 0.2) is 12.4 Å². The maximum absolute atomic E-state index is 10.9. The van der Waals surface area contributed by atoms with Crippen LogP contribution in [-0.2, 0) is 9.59 Å². The van der Waals surface area contributed by atoms with Crippen molar-refractivity contribution in [3.05, 3.63) is 12.4 Å². The zero-order valence-electron chi connectivity index (χ0n) is 8.96. The van der Waals surface area contributed by atoms with Gasteiger partial charge < -0.3 is 21.8 Å². The molecule has 1 aromatic rings. The molecule has 9 nitrogen and oxygen atoms in total. The fraction of sp³-hybridized carbons (Fsp3) is 0.250. The van der Waals surface area contributed by atoms with Gasteiger partial charge in [0.15, 0.2) is 0 Å². The molecule has 1 heterocycles. The number of hydrogen-bond donors (Lipinski definition) is 4. The molecular formula is C8H13N7O2. The van der Waals surface area contributed by atoms with Crippen LogP contribution < -0.4 is 27.6 Å². The van der Waals surface area contributed by atoms with Crippen molar-refractivity contribution in [2.75, 3.05) is 23.4 Å². The number of nitrogens with one attached hydrogen (secondary N) is 1. The van der Waals surface area contributed by atoms with E-state index in [1.807, 2.05) is 0 Å². The van der Waals surface area contributed by atoms with Gasteiger partial charge in [-0.2, -0.15) is 0 Å². The van der Waals surface area contributed by atoms with Crippen LogP contribution in [0.1, 0.15) is 0 Å². The second kappa shape index (κ2) is 5.61. The second-order valence-corrected chi connectivity index (χ2v) is 3.19. The summed E-state index contributed by atoms with van der Waals surface area (Å²) in [5.41, 5.74) is 12.4. The minimum Gasteiger partial charge on any atom is -0.368 e. The molecule has 2 amide bonds. The van der Waals surface area contributed by atoms with Gasteiger partial charge in [0.25, 0.3) is 0 Å². The Morgan fingerprint density at radius 1 is 1.24 bits per heavy atom. The van der Waals surface area contributed by atoms with Crippen molar-refractivity contribution in [3.63, 3.8) is 0 Å². The van der Waals surface area contributed by atoms with Crippen LogP contribution in [0.5, 0.6) is 0 Å². The summed E-state index contributed by atoms with van der Waals surface area (Å²) in [5, 5.41) is 0. The third kappa shape index (κ3) is 3.91. The number of carbonyl (C=O) groups is 2. The Kier molecular flexibility index (Phi) is 4.17. The molecule has 9 heteroatoms. The second-order valence-electron chi connectivity index (χ2n) is 3.19. The molecule has 0 saturated heterocycles. The average Bonchev–Trinajstić information content (AvgIpc) is 2.27. The number of aromatic nitrogens is 2. The molecule has 0 spiro atoms. The number of rotatable bonds is 6. The van der Waals surface area contributed by atoms with Crippen molar-refractivity contribution in [1.82, 2.24) is 9.97 Å². The van der Waals surface area contributed by atoms with E-state index < -0.39 is 11.8 Å². The zero-order valence-corrected chi connectivity index (χ0v) is 8.96. The number of hydrazine groups is 1. The first kappa shape index (κ1) is 12.6. The number of nitrogens with zero attached hydrogens (tertiary/aromatic N) is 3. The number of amides is 2. The van der Waals surface area contributed by atoms with Gasteiger partial charge in [0, 0.05) is 6.07 Å². The molecule has 0 unspecified atom stereocenters. The van der Waals surface area contributed by atoms with E-state index in [9.17, 15) is 9.59 Å². The van der Waals surface area contributed by atoms with E-state index in [-0.39, 0.29) is 13.1 Å². The summed E-state index contributed by atoms with van der Waals surface area (Å²) in [5.74, 6) is 4.64. The first-order valence-electron chi connectivity index (χ1n) is 4.63. The predicted molar refractivity (Wildman–Crippen MR) is 60.4 cm³/mol. The number of nitrogen functional groups attached to an aromatic ring is 1. The Morgan fingerprint density at radius 3 is 2.29 bits per heavy atom. The first-order chi connectivity index (χ1) is 8.02. The topological polar surface area (TPSA) is 153 Å². The Bertz CT molecular complexity index is 406. The summed E-state index contributed by atoms with van der Waals surface area (Å²) < 4.78 is 0. The van der Waals surface area contributed by atoms with Gasteiger partial charge in [0.2, 0.25) is 11.8 Å². The van der Waals surface area contributed by atoms with E-state index in [4.69, 9.17) is 17.3 Å². The molecule has 0 saturated carbocycles. The molecule has 0 bridgehead atoms. The van der Waals surface area contributed by atoms with E-state index in [2.05, 4.69) is 15.4 Å². The van der Waals surface area contributed by atoms with Crippen LogP contribution in [0, 0.1) is 0 Å². The maximum atomic E-state index is 10.9.